The van der Waals surface area contributed by atoms with Gasteiger partial charge in [-0.05, 0) is 19.9 Å². The van der Waals surface area contributed by atoms with Crippen LogP contribution < -0.4 is 5.32 Å². The van der Waals surface area contributed by atoms with E-state index in [-0.39, 0.29) is 12.1 Å². The molecule has 82 valence electrons. The van der Waals surface area contributed by atoms with Crippen molar-refractivity contribution in [1.82, 2.24) is 4.98 Å². The first-order chi connectivity index (χ1) is 7.06. The number of alkyl halides is 1. The third kappa shape index (κ3) is 2.65. The van der Waals surface area contributed by atoms with E-state index < -0.39 is 12.6 Å². The molecule has 0 fully saturated rings. The normalized spacial score (nSPS) is 10.1. The number of anilines is 1. The van der Waals surface area contributed by atoms with Crippen molar-refractivity contribution in [2.24, 2.45) is 0 Å². The fraction of sp³-hybridized carbons (Fsp3) is 0.400. The van der Waals surface area contributed by atoms with E-state index in [9.17, 15) is 9.18 Å². The first-order valence-corrected chi connectivity index (χ1v) is 4.57. The summed E-state index contributed by atoms with van der Waals surface area (Å²) in [6.07, 6.45) is 0. The number of hydrogen-bond acceptors (Lipinski definition) is 3. The van der Waals surface area contributed by atoms with Gasteiger partial charge in [0.15, 0.2) is 0 Å². The Morgan fingerprint density at radius 3 is 2.80 bits per heavy atom. The number of pyridine rings is 1. The van der Waals surface area contributed by atoms with Gasteiger partial charge in [0.05, 0.1) is 11.4 Å². The molecule has 2 N–H and O–H groups in total. The number of carbonyl (C=O) groups is 1. The van der Waals surface area contributed by atoms with E-state index in [2.05, 4.69) is 10.3 Å². The Kier molecular flexibility index (Phi) is 3.60. The van der Waals surface area contributed by atoms with Crippen molar-refractivity contribution >= 4 is 11.7 Å². The second-order valence-electron chi connectivity index (χ2n) is 3.19. The van der Waals surface area contributed by atoms with Crippen molar-refractivity contribution in [2.45, 2.75) is 13.8 Å². The average Bonchev–Trinajstić information content (AvgIpc) is 2.12. The predicted molar refractivity (Wildman–Crippen MR) is 55.1 cm³/mol. The molecule has 0 saturated heterocycles. The Morgan fingerprint density at radius 2 is 2.27 bits per heavy atom. The molecule has 0 aliphatic carbocycles. The summed E-state index contributed by atoms with van der Waals surface area (Å²) in [5.41, 5.74) is 1.67. The summed E-state index contributed by atoms with van der Waals surface area (Å²) in [7, 11) is 0. The molecular weight excluding hydrogens is 199 g/mol. The van der Waals surface area contributed by atoms with Crippen LogP contribution in [0, 0.1) is 13.8 Å². The van der Waals surface area contributed by atoms with Crippen LogP contribution in [-0.2, 0) is 0 Å². The highest BCUT2D eigenvalue weighted by atomic mass is 19.1. The van der Waals surface area contributed by atoms with Crippen molar-refractivity contribution in [3.05, 3.63) is 23.0 Å². The van der Waals surface area contributed by atoms with E-state index >= 15 is 0 Å². The molecule has 0 spiro atoms. The van der Waals surface area contributed by atoms with Gasteiger partial charge in [-0.2, -0.15) is 0 Å². The predicted octanol–water partition coefficient (Wildman–Crippen LogP) is 1.78. The molecule has 1 rings (SSSR count). The van der Waals surface area contributed by atoms with Crippen molar-refractivity contribution in [3.8, 4) is 0 Å². The van der Waals surface area contributed by atoms with Gasteiger partial charge in [-0.3, -0.25) is 4.98 Å². The third-order valence-electron chi connectivity index (χ3n) is 1.95. The van der Waals surface area contributed by atoms with Gasteiger partial charge in [0.1, 0.15) is 12.2 Å². The maximum atomic E-state index is 12.0. The molecule has 1 aromatic heterocycles. The first kappa shape index (κ1) is 11.4. The number of carboxylic acids is 1. The van der Waals surface area contributed by atoms with Gasteiger partial charge < -0.3 is 10.4 Å². The van der Waals surface area contributed by atoms with Crippen molar-refractivity contribution < 1.29 is 14.3 Å². The molecule has 0 radical (unpaired) electrons. The van der Waals surface area contributed by atoms with Gasteiger partial charge in [-0.1, -0.05) is 0 Å². The van der Waals surface area contributed by atoms with Gasteiger partial charge in [0, 0.05) is 12.2 Å². The monoisotopic (exact) mass is 212 g/mol. The second kappa shape index (κ2) is 4.72. The van der Waals surface area contributed by atoms with E-state index in [0.717, 1.165) is 0 Å². The Labute approximate surface area is 87.1 Å². The summed E-state index contributed by atoms with van der Waals surface area (Å²) in [4.78, 5) is 15.0. The molecule has 1 heterocycles. The van der Waals surface area contributed by atoms with Crippen LogP contribution in [0.5, 0.6) is 0 Å². The summed E-state index contributed by atoms with van der Waals surface area (Å²) in [6, 6.07) is 1.60. The van der Waals surface area contributed by atoms with Crippen LogP contribution >= 0.6 is 0 Å². The Bertz CT molecular complexity index is 380. The highest BCUT2D eigenvalue weighted by Crippen LogP contribution is 2.19. The number of aromatic carboxylic acids is 1. The van der Waals surface area contributed by atoms with Gasteiger partial charge in [-0.15, -0.1) is 0 Å². The Hall–Kier alpha value is -1.65. The van der Waals surface area contributed by atoms with Crippen molar-refractivity contribution in [1.29, 1.82) is 0 Å². The number of hydrogen-bond donors (Lipinski definition) is 2. The van der Waals surface area contributed by atoms with E-state index in [1.54, 1.807) is 19.9 Å². The zero-order chi connectivity index (χ0) is 11.4. The molecule has 0 atom stereocenters. The topological polar surface area (TPSA) is 62.2 Å². The quantitative estimate of drug-likeness (QED) is 0.798. The fourth-order valence-corrected chi connectivity index (χ4v) is 1.42. The molecule has 1 aromatic rings. The Morgan fingerprint density at radius 1 is 1.60 bits per heavy atom. The Balaban J connectivity index is 3.14. The molecule has 4 nitrogen and oxygen atoms in total. The SMILES string of the molecule is Cc1cc(NCCF)c(C(=O)O)c(C)n1. The molecule has 0 aliphatic heterocycles. The molecule has 0 amide bonds. The molecule has 0 unspecified atom stereocenters. The minimum atomic E-state index is -1.05. The van der Waals surface area contributed by atoms with Crippen molar-refractivity contribution in [3.63, 3.8) is 0 Å². The average molecular weight is 212 g/mol. The van der Waals surface area contributed by atoms with Crippen LogP contribution in [-0.4, -0.2) is 29.3 Å². The number of nitrogens with one attached hydrogen (secondary N) is 1. The van der Waals surface area contributed by atoms with Gasteiger partial charge in [0.25, 0.3) is 0 Å². The molecule has 0 aromatic carbocycles. The molecular formula is C10H13FN2O2. The standard InChI is InChI=1S/C10H13FN2O2/c1-6-5-8(12-4-3-11)9(10(14)15)7(2)13-6/h5H,3-4H2,1-2H3,(H,12,13)(H,14,15). The summed E-state index contributed by atoms with van der Waals surface area (Å²) in [5.74, 6) is -1.05. The number of halogens is 1. The van der Waals surface area contributed by atoms with Crippen LogP contribution in [0.15, 0.2) is 6.07 Å². The molecule has 0 saturated carbocycles. The van der Waals surface area contributed by atoms with Crippen LogP contribution in [0.3, 0.4) is 0 Å². The molecule has 0 aliphatic rings. The van der Waals surface area contributed by atoms with E-state index in [1.165, 1.54) is 0 Å². The molecule has 5 heteroatoms. The van der Waals surface area contributed by atoms with Crippen LogP contribution in [0.4, 0.5) is 10.1 Å². The zero-order valence-corrected chi connectivity index (χ0v) is 8.67. The lowest BCUT2D eigenvalue weighted by Crippen LogP contribution is -2.12. The second-order valence-corrected chi connectivity index (χ2v) is 3.19. The number of nitrogens with zero attached hydrogens (tertiary/aromatic N) is 1. The lowest BCUT2D eigenvalue weighted by molar-refractivity contribution is 0.0696. The summed E-state index contributed by atoms with van der Waals surface area (Å²) < 4.78 is 12.0. The van der Waals surface area contributed by atoms with Gasteiger partial charge in [0.2, 0.25) is 0 Å². The van der Waals surface area contributed by atoms with Gasteiger partial charge >= 0.3 is 5.97 Å². The lowest BCUT2D eigenvalue weighted by atomic mass is 10.1. The maximum Gasteiger partial charge on any atom is 0.339 e. The van der Waals surface area contributed by atoms with E-state index in [1.807, 2.05) is 0 Å². The summed E-state index contributed by atoms with van der Waals surface area (Å²) >= 11 is 0. The largest absolute Gasteiger partial charge is 0.478 e. The van der Waals surface area contributed by atoms with Crippen LogP contribution in [0.25, 0.3) is 0 Å². The minimum absolute atomic E-state index is 0.100. The van der Waals surface area contributed by atoms with Gasteiger partial charge in [-0.25, -0.2) is 9.18 Å². The van der Waals surface area contributed by atoms with Crippen molar-refractivity contribution in [2.75, 3.05) is 18.5 Å². The third-order valence-corrected chi connectivity index (χ3v) is 1.95. The number of aryl methyl sites for hydroxylation is 2. The summed E-state index contributed by atoms with van der Waals surface area (Å²) in [6.45, 7) is 2.94. The number of carboxylic acid groups (broad SMARTS) is 1. The minimum Gasteiger partial charge on any atom is -0.478 e. The lowest BCUT2D eigenvalue weighted by Gasteiger charge is -2.10. The number of rotatable bonds is 4. The maximum absolute atomic E-state index is 12.0. The highest BCUT2D eigenvalue weighted by molar-refractivity contribution is 5.95. The zero-order valence-electron chi connectivity index (χ0n) is 8.67. The highest BCUT2D eigenvalue weighted by Gasteiger charge is 2.14. The first-order valence-electron chi connectivity index (χ1n) is 4.57. The van der Waals surface area contributed by atoms with E-state index in [0.29, 0.717) is 17.1 Å². The molecule has 15 heavy (non-hydrogen) atoms. The van der Waals surface area contributed by atoms with Crippen LogP contribution in [0.2, 0.25) is 0 Å². The summed E-state index contributed by atoms with van der Waals surface area (Å²) in [5, 5.41) is 11.7. The fourth-order valence-electron chi connectivity index (χ4n) is 1.42. The smallest absolute Gasteiger partial charge is 0.339 e. The molecule has 0 bridgehead atoms. The number of aromatic nitrogens is 1. The van der Waals surface area contributed by atoms with E-state index in [4.69, 9.17) is 5.11 Å². The van der Waals surface area contributed by atoms with Crippen LogP contribution in [0.1, 0.15) is 21.7 Å².